The van der Waals surface area contributed by atoms with Crippen molar-refractivity contribution in [3.05, 3.63) is 12.4 Å². The molecule has 0 amide bonds. The van der Waals surface area contributed by atoms with E-state index in [2.05, 4.69) is 10.3 Å². The highest BCUT2D eigenvalue weighted by Gasteiger charge is 2.18. The van der Waals surface area contributed by atoms with Gasteiger partial charge < -0.3 is 14.6 Å². The van der Waals surface area contributed by atoms with Crippen LogP contribution in [0.5, 0.6) is 0 Å². The lowest BCUT2D eigenvalue weighted by Gasteiger charge is -2.24. The average Bonchev–Trinajstić information content (AvgIpc) is 2.51. The number of nitrogens with zero attached hydrogens (tertiary/aromatic N) is 2. The Kier molecular flexibility index (Phi) is 2.93. The summed E-state index contributed by atoms with van der Waals surface area (Å²) in [5, 5.41) is 3.02. The fourth-order valence-corrected chi connectivity index (χ4v) is 1.14. The molecule has 13 heavy (non-hydrogen) atoms. The van der Waals surface area contributed by atoms with Gasteiger partial charge in [0.15, 0.2) is 0 Å². The summed E-state index contributed by atoms with van der Waals surface area (Å²) in [5.74, 6) is 0.866. The summed E-state index contributed by atoms with van der Waals surface area (Å²) in [6.45, 7) is 4.89. The zero-order valence-electron chi connectivity index (χ0n) is 8.66. The largest absolute Gasteiger partial charge is 0.377 e. The highest BCUT2D eigenvalue weighted by Crippen LogP contribution is 2.14. The average molecular weight is 183 g/mol. The van der Waals surface area contributed by atoms with Gasteiger partial charge in [0.05, 0.1) is 12.1 Å². The Labute approximate surface area is 78.9 Å². The monoisotopic (exact) mass is 183 g/mol. The van der Waals surface area contributed by atoms with Gasteiger partial charge in [-0.25, -0.2) is 4.98 Å². The Morgan fingerprint density at radius 2 is 2.31 bits per heavy atom. The highest BCUT2D eigenvalue weighted by molar-refractivity contribution is 5.24. The molecule has 1 N–H and O–H groups in total. The molecule has 0 aliphatic rings. The molecule has 0 saturated carbocycles. The molecule has 0 aliphatic heterocycles. The SMILES string of the molecule is CNc1nccn1CC(C)(C)OC. The molecule has 1 aromatic heterocycles. The first-order valence-corrected chi connectivity index (χ1v) is 4.33. The van der Waals surface area contributed by atoms with Crippen LogP contribution in [0.15, 0.2) is 12.4 Å². The summed E-state index contributed by atoms with van der Waals surface area (Å²) >= 11 is 0. The van der Waals surface area contributed by atoms with Gasteiger partial charge in [0.25, 0.3) is 0 Å². The maximum atomic E-state index is 5.33. The van der Waals surface area contributed by atoms with Gasteiger partial charge in [0.1, 0.15) is 0 Å². The number of hydrogen-bond donors (Lipinski definition) is 1. The van der Waals surface area contributed by atoms with Crippen LogP contribution in [-0.2, 0) is 11.3 Å². The molecular weight excluding hydrogens is 166 g/mol. The molecule has 4 nitrogen and oxygen atoms in total. The van der Waals surface area contributed by atoms with E-state index in [9.17, 15) is 0 Å². The van der Waals surface area contributed by atoms with Crippen molar-refractivity contribution in [1.29, 1.82) is 0 Å². The maximum absolute atomic E-state index is 5.33. The quantitative estimate of drug-likeness (QED) is 0.765. The molecule has 1 heterocycles. The molecule has 0 fully saturated rings. The second-order valence-electron chi connectivity index (χ2n) is 3.59. The third-order valence-corrected chi connectivity index (χ3v) is 2.04. The molecule has 0 saturated heterocycles. The summed E-state index contributed by atoms with van der Waals surface area (Å²) in [6, 6.07) is 0. The van der Waals surface area contributed by atoms with Crippen molar-refractivity contribution in [2.75, 3.05) is 19.5 Å². The molecule has 0 atom stereocenters. The van der Waals surface area contributed by atoms with Crippen LogP contribution in [0.4, 0.5) is 5.95 Å². The smallest absolute Gasteiger partial charge is 0.202 e. The van der Waals surface area contributed by atoms with E-state index in [0.29, 0.717) is 0 Å². The molecule has 4 heteroatoms. The summed E-state index contributed by atoms with van der Waals surface area (Å²) in [4.78, 5) is 4.15. The van der Waals surface area contributed by atoms with Gasteiger partial charge in [0.2, 0.25) is 5.95 Å². The van der Waals surface area contributed by atoms with Crippen molar-refractivity contribution >= 4 is 5.95 Å². The molecule has 74 valence electrons. The van der Waals surface area contributed by atoms with Gasteiger partial charge in [-0.05, 0) is 13.8 Å². The minimum atomic E-state index is -0.160. The van der Waals surface area contributed by atoms with Crippen LogP contribution in [0, 0.1) is 0 Å². The summed E-state index contributed by atoms with van der Waals surface area (Å²) < 4.78 is 7.37. The summed E-state index contributed by atoms with van der Waals surface area (Å²) in [5.41, 5.74) is -0.160. The van der Waals surface area contributed by atoms with Crippen molar-refractivity contribution in [2.45, 2.75) is 26.0 Å². The molecular formula is C9H17N3O. The fourth-order valence-electron chi connectivity index (χ4n) is 1.14. The number of anilines is 1. The lowest BCUT2D eigenvalue weighted by Crippen LogP contribution is -2.29. The highest BCUT2D eigenvalue weighted by atomic mass is 16.5. The van der Waals surface area contributed by atoms with E-state index < -0.39 is 0 Å². The minimum absolute atomic E-state index is 0.160. The van der Waals surface area contributed by atoms with E-state index >= 15 is 0 Å². The van der Waals surface area contributed by atoms with Crippen LogP contribution in [0.25, 0.3) is 0 Å². The Balaban J connectivity index is 2.73. The van der Waals surface area contributed by atoms with Crippen LogP contribution in [0.1, 0.15) is 13.8 Å². The van der Waals surface area contributed by atoms with Crippen LogP contribution < -0.4 is 5.32 Å². The predicted molar refractivity (Wildman–Crippen MR) is 52.9 cm³/mol. The van der Waals surface area contributed by atoms with Gasteiger partial charge in [-0.15, -0.1) is 0 Å². The number of aromatic nitrogens is 2. The normalized spacial score (nSPS) is 11.7. The maximum Gasteiger partial charge on any atom is 0.202 e. The Morgan fingerprint density at radius 3 is 2.85 bits per heavy atom. The molecule has 0 aliphatic carbocycles. The van der Waals surface area contributed by atoms with Crippen LogP contribution in [0.3, 0.4) is 0 Å². The van der Waals surface area contributed by atoms with E-state index in [-0.39, 0.29) is 5.60 Å². The fraction of sp³-hybridized carbons (Fsp3) is 0.667. The number of hydrogen-bond acceptors (Lipinski definition) is 3. The molecule has 0 radical (unpaired) electrons. The zero-order valence-corrected chi connectivity index (χ0v) is 8.66. The van der Waals surface area contributed by atoms with Gasteiger partial charge in [-0.3, -0.25) is 0 Å². The van der Waals surface area contributed by atoms with Crippen LogP contribution in [-0.4, -0.2) is 29.3 Å². The number of imidazole rings is 1. The lowest BCUT2D eigenvalue weighted by molar-refractivity contribution is 0.00859. The second-order valence-corrected chi connectivity index (χ2v) is 3.59. The summed E-state index contributed by atoms with van der Waals surface area (Å²) in [7, 11) is 3.58. The molecule has 1 aromatic rings. The minimum Gasteiger partial charge on any atom is -0.377 e. The van der Waals surface area contributed by atoms with Crippen LogP contribution >= 0.6 is 0 Å². The van der Waals surface area contributed by atoms with Gasteiger partial charge in [-0.1, -0.05) is 0 Å². The Hall–Kier alpha value is -1.03. The third-order valence-electron chi connectivity index (χ3n) is 2.04. The van der Waals surface area contributed by atoms with Crippen molar-refractivity contribution in [3.63, 3.8) is 0 Å². The summed E-state index contributed by atoms with van der Waals surface area (Å²) in [6.07, 6.45) is 3.71. The topological polar surface area (TPSA) is 39.1 Å². The van der Waals surface area contributed by atoms with Gasteiger partial charge >= 0.3 is 0 Å². The van der Waals surface area contributed by atoms with Crippen molar-refractivity contribution in [1.82, 2.24) is 9.55 Å². The molecule has 0 unspecified atom stereocenters. The Morgan fingerprint density at radius 1 is 1.62 bits per heavy atom. The van der Waals surface area contributed by atoms with E-state index in [1.807, 2.05) is 31.7 Å². The molecule has 0 aromatic carbocycles. The number of nitrogens with one attached hydrogen (secondary N) is 1. The van der Waals surface area contributed by atoms with Crippen molar-refractivity contribution in [3.8, 4) is 0 Å². The number of ether oxygens (including phenoxy) is 1. The Bertz CT molecular complexity index is 268. The number of methoxy groups -OCH3 is 1. The molecule has 1 rings (SSSR count). The van der Waals surface area contributed by atoms with E-state index in [4.69, 9.17) is 4.74 Å². The molecule has 0 bridgehead atoms. The van der Waals surface area contributed by atoms with Crippen molar-refractivity contribution in [2.24, 2.45) is 0 Å². The first-order chi connectivity index (χ1) is 6.09. The first-order valence-electron chi connectivity index (χ1n) is 4.33. The van der Waals surface area contributed by atoms with E-state index in [1.54, 1.807) is 13.3 Å². The van der Waals surface area contributed by atoms with Crippen LogP contribution in [0.2, 0.25) is 0 Å². The first kappa shape index (κ1) is 10.1. The number of rotatable bonds is 4. The van der Waals surface area contributed by atoms with Gasteiger partial charge in [0, 0.05) is 26.6 Å². The van der Waals surface area contributed by atoms with Gasteiger partial charge in [-0.2, -0.15) is 0 Å². The standard InChI is InChI=1S/C9H17N3O/c1-9(2,13-4)7-12-6-5-11-8(12)10-3/h5-6H,7H2,1-4H3,(H,10,11). The molecule has 0 spiro atoms. The van der Waals surface area contributed by atoms with E-state index in [1.165, 1.54) is 0 Å². The lowest BCUT2D eigenvalue weighted by atomic mass is 10.1. The zero-order chi connectivity index (χ0) is 9.90. The van der Waals surface area contributed by atoms with Crippen molar-refractivity contribution < 1.29 is 4.74 Å². The van der Waals surface area contributed by atoms with E-state index in [0.717, 1.165) is 12.5 Å². The second kappa shape index (κ2) is 3.79. The third kappa shape index (κ3) is 2.45. The predicted octanol–water partition coefficient (Wildman–Crippen LogP) is 1.35.